The van der Waals surface area contributed by atoms with E-state index in [2.05, 4.69) is 55.4 Å². The maximum absolute atomic E-state index is 13.1. The van der Waals surface area contributed by atoms with E-state index >= 15 is 0 Å². The molecule has 0 spiro atoms. The largest absolute Gasteiger partial charge is 0.472 e. The minimum Gasteiger partial charge on any atom is -0.462 e. The predicted molar refractivity (Wildman–Crippen MR) is 404 cm³/mol. The fraction of sp³-hybridized carbons (Fsp3) is 0.950. The second-order valence-corrected chi connectivity index (χ2v) is 32.9. The Morgan fingerprint density at radius 1 is 0.283 bits per heavy atom. The van der Waals surface area contributed by atoms with Crippen LogP contribution >= 0.6 is 15.6 Å². The van der Waals surface area contributed by atoms with Crippen LogP contribution in [0.15, 0.2) is 0 Å². The van der Waals surface area contributed by atoms with Crippen molar-refractivity contribution in [3.8, 4) is 0 Å². The molecule has 0 heterocycles. The van der Waals surface area contributed by atoms with Crippen molar-refractivity contribution < 1.29 is 80.2 Å². The lowest BCUT2D eigenvalue weighted by Crippen LogP contribution is -2.30. The van der Waals surface area contributed by atoms with Crippen molar-refractivity contribution in [3.05, 3.63) is 0 Å². The van der Waals surface area contributed by atoms with Crippen molar-refractivity contribution >= 4 is 39.5 Å². The molecule has 0 aliphatic rings. The van der Waals surface area contributed by atoms with Crippen LogP contribution in [0.2, 0.25) is 0 Å². The molecule has 0 aliphatic heterocycles. The molecule has 99 heavy (non-hydrogen) atoms. The monoisotopic (exact) mass is 1450 g/mol. The third-order valence-corrected chi connectivity index (χ3v) is 21.6. The van der Waals surface area contributed by atoms with Crippen LogP contribution in [0.4, 0.5) is 0 Å². The summed E-state index contributed by atoms with van der Waals surface area (Å²) in [5, 5.41) is 10.6. The van der Waals surface area contributed by atoms with Crippen molar-refractivity contribution in [3.63, 3.8) is 0 Å². The highest BCUT2D eigenvalue weighted by Gasteiger charge is 2.30. The summed E-state index contributed by atoms with van der Waals surface area (Å²) in [7, 11) is -9.92. The summed E-state index contributed by atoms with van der Waals surface area (Å²) in [5.41, 5.74) is 0. The van der Waals surface area contributed by atoms with Crippen molar-refractivity contribution in [1.29, 1.82) is 0 Å². The molecule has 0 amide bonds. The molecule has 0 aromatic heterocycles. The lowest BCUT2D eigenvalue weighted by Gasteiger charge is -2.21. The predicted octanol–water partition coefficient (Wildman–Crippen LogP) is 23.6. The first-order valence-electron chi connectivity index (χ1n) is 41.3. The molecule has 8 atom stereocenters. The Labute approximate surface area is 607 Å². The summed E-state index contributed by atoms with van der Waals surface area (Å²) in [6.45, 7) is 14.3. The number of aliphatic hydroxyl groups excluding tert-OH is 1. The molecule has 0 saturated heterocycles. The van der Waals surface area contributed by atoms with Gasteiger partial charge in [-0.1, -0.05) is 357 Å². The van der Waals surface area contributed by atoms with E-state index in [1.54, 1.807) is 0 Å². The lowest BCUT2D eigenvalue weighted by atomic mass is 9.99. The van der Waals surface area contributed by atoms with Gasteiger partial charge in [-0.3, -0.25) is 37.3 Å². The molecule has 19 heteroatoms. The second kappa shape index (κ2) is 69.1. The van der Waals surface area contributed by atoms with Gasteiger partial charge in [0, 0.05) is 25.7 Å². The van der Waals surface area contributed by atoms with E-state index in [1.165, 1.54) is 205 Å². The SMILES string of the molecule is CCC(C)CCCCCCCCCCCCCCCCCCCCC(=O)OC[C@H](COP(=O)(O)OC[C@@H](O)COP(=O)(O)OC[C@@H](COC(=O)CCCCCCCCC(C)C)OC(=O)CCCCCCCCCCCCC(C)CC)OC(=O)CCCCCCCCCCCCC(C)CC. The highest BCUT2D eigenvalue weighted by Crippen LogP contribution is 2.45. The number of hydrogen-bond donors (Lipinski definition) is 3. The van der Waals surface area contributed by atoms with Gasteiger partial charge in [-0.25, -0.2) is 9.13 Å². The van der Waals surface area contributed by atoms with Gasteiger partial charge in [0.25, 0.3) is 0 Å². The fourth-order valence-electron chi connectivity index (χ4n) is 12.2. The number of esters is 4. The zero-order valence-corrected chi connectivity index (χ0v) is 66.9. The van der Waals surface area contributed by atoms with Crippen molar-refractivity contribution in [2.24, 2.45) is 23.7 Å². The molecule has 0 fully saturated rings. The van der Waals surface area contributed by atoms with E-state index in [1.807, 2.05) is 0 Å². The summed E-state index contributed by atoms with van der Waals surface area (Å²) < 4.78 is 68.6. The van der Waals surface area contributed by atoms with E-state index in [0.717, 1.165) is 114 Å². The molecule has 5 unspecified atom stereocenters. The molecule has 0 aromatic carbocycles. The Balaban J connectivity index is 5.19. The van der Waals surface area contributed by atoms with Crippen LogP contribution < -0.4 is 0 Å². The van der Waals surface area contributed by atoms with Gasteiger partial charge in [0.05, 0.1) is 26.4 Å². The third kappa shape index (κ3) is 70.2. The van der Waals surface area contributed by atoms with Crippen LogP contribution in [-0.4, -0.2) is 96.7 Å². The number of ether oxygens (including phenoxy) is 4. The number of hydrogen-bond acceptors (Lipinski definition) is 15. The Bertz CT molecular complexity index is 1940. The maximum Gasteiger partial charge on any atom is 0.472 e. The first-order chi connectivity index (χ1) is 47.7. The number of phosphoric acid groups is 2. The van der Waals surface area contributed by atoms with Gasteiger partial charge in [-0.2, -0.15) is 0 Å². The van der Waals surface area contributed by atoms with Gasteiger partial charge < -0.3 is 33.8 Å². The zero-order valence-electron chi connectivity index (χ0n) is 65.1. The number of aliphatic hydroxyl groups is 1. The molecule has 0 saturated carbocycles. The Kier molecular flexibility index (Phi) is 67.8. The van der Waals surface area contributed by atoms with Crippen molar-refractivity contribution in [2.75, 3.05) is 39.6 Å². The third-order valence-electron chi connectivity index (χ3n) is 19.7. The first-order valence-corrected chi connectivity index (χ1v) is 44.3. The van der Waals surface area contributed by atoms with E-state index in [4.69, 9.17) is 37.0 Å². The molecule has 0 aromatic rings. The molecule has 0 radical (unpaired) electrons. The van der Waals surface area contributed by atoms with Gasteiger partial charge in [-0.05, 0) is 49.4 Å². The standard InChI is InChI=1S/C80H156O17P2/c1-9-71(6)57-49-41-32-26-20-18-16-14-12-13-15-17-19-21-29-35-44-52-60-77(82)90-66-75(96-79(84)62-54-46-36-30-24-22-27-33-42-50-58-72(7)10-2)68-94-98(86,87)92-64-74(81)65-93-99(88,89)95-69-76(67-91-78(83)61-53-45-39-38-40-48-56-70(4)5)97-80(85)63-55-47-37-31-25-23-28-34-43-51-59-73(8)11-3/h70-76,81H,9-69H2,1-8H3,(H,86,87)(H,88,89)/t71?,72?,73?,74-,75-,76-/m1/s1. The number of phosphoric ester groups is 2. The van der Waals surface area contributed by atoms with Gasteiger partial charge >= 0.3 is 39.5 Å². The normalized spacial score (nSPS) is 14.9. The smallest absolute Gasteiger partial charge is 0.462 e. The highest BCUT2D eigenvalue weighted by atomic mass is 31.2. The summed E-state index contributed by atoms with van der Waals surface area (Å²) >= 11 is 0. The van der Waals surface area contributed by atoms with E-state index in [0.29, 0.717) is 31.6 Å². The Morgan fingerprint density at radius 2 is 0.485 bits per heavy atom. The minimum atomic E-state index is -4.96. The fourth-order valence-corrected chi connectivity index (χ4v) is 13.7. The Hall–Kier alpha value is -1.94. The van der Waals surface area contributed by atoms with Crippen LogP contribution in [0, 0.1) is 23.7 Å². The van der Waals surface area contributed by atoms with Crippen LogP contribution in [0.1, 0.15) is 409 Å². The number of carbonyl (C=O) groups is 4. The van der Waals surface area contributed by atoms with Gasteiger partial charge in [-0.15, -0.1) is 0 Å². The molecular formula is C80H156O17P2. The molecule has 0 rings (SSSR count). The number of carbonyl (C=O) groups excluding carboxylic acids is 4. The molecule has 3 N–H and O–H groups in total. The quantitative estimate of drug-likeness (QED) is 0.0222. The topological polar surface area (TPSA) is 237 Å². The summed E-state index contributed by atoms with van der Waals surface area (Å²) in [6.07, 6.45) is 55.6. The number of rotatable bonds is 77. The summed E-state index contributed by atoms with van der Waals surface area (Å²) in [5.74, 6) is 1.04. The molecule has 588 valence electrons. The Morgan fingerprint density at radius 3 is 0.717 bits per heavy atom. The van der Waals surface area contributed by atoms with Crippen LogP contribution in [0.25, 0.3) is 0 Å². The van der Waals surface area contributed by atoms with Crippen LogP contribution in [0.5, 0.6) is 0 Å². The molecule has 0 aliphatic carbocycles. The molecular weight excluding hydrogens is 1290 g/mol. The van der Waals surface area contributed by atoms with Crippen LogP contribution in [0.3, 0.4) is 0 Å². The molecule has 17 nitrogen and oxygen atoms in total. The van der Waals surface area contributed by atoms with Gasteiger partial charge in [0.1, 0.15) is 19.3 Å². The average Bonchev–Trinajstić information content (AvgIpc) is 1.09. The van der Waals surface area contributed by atoms with E-state index < -0.39 is 97.5 Å². The molecule has 0 bridgehead atoms. The maximum atomic E-state index is 13.1. The highest BCUT2D eigenvalue weighted by molar-refractivity contribution is 7.47. The van der Waals surface area contributed by atoms with E-state index in [-0.39, 0.29) is 25.7 Å². The second-order valence-electron chi connectivity index (χ2n) is 30.0. The zero-order chi connectivity index (χ0) is 73.1. The first kappa shape index (κ1) is 97.1. The van der Waals surface area contributed by atoms with E-state index in [9.17, 15) is 43.2 Å². The summed E-state index contributed by atoms with van der Waals surface area (Å²) in [4.78, 5) is 72.9. The average molecular weight is 1450 g/mol. The van der Waals surface area contributed by atoms with Crippen LogP contribution in [-0.2, 0) is 65.4 Å². The lowest BCUT2D eigenvalue weighted by molar-refractivity contribution is -0.161. The van der Waals surface area contributed by atoms with Crippen molar-refractivity contribution in [1.82, 2.24) is 0 Å². The van der Waals surface area contributed by atoms with Gasteiger partial charge in [0.15, 0.2) is 12.2 Å². The van der Waals surface area contributed by atoms with Crippen molar-refractivity contribution in [2.45, 2.75) is 427 Å². The minimum absolute atomic E-state index is 0.105. The summed E-state index contributed by atoms with van der Waals surface area (Å²) in [6, 6.07) is 0. The van der Waals surface area contributed by atoms with Gasteiger partial charge in [0.2, 0.25) is 0 Å². The number of unbranched alkanes of at least 4 members (excludes halogenated alkanes) is 40.